The highest BCUT2D eigenvalue weighted by atomic mass is 16.5. The molecule has 1 aromatic heterocycles. The predicted octanol–water partition coefficient (Wildman–Crippen LogP) is 1.72. The van der Waals surface area contributed by atoms with Gasteiger partial charge in [-0.05, 0) is 37.1 Å². The minimum absolute atomic E-state index is 0.651. The van der Waals surface area contributed by atoms with Crippen LogP contribution in [0.3, 0.4) is 0 Å². The maximum absolute atomic E-state index is 4.94. The molecule has 2 bridgehead atoms. The zero-order valence-corrected chi connectivity index (χ0v) is 10.2. The highest BCUT2D eigenvalue weighted by Crippen LogP contribution is 2.42. The van der Waals surface area contributed by atoms with E-state index in [9.17, 15) is 0 Å². The molecular formula is C13H19N3O. The fourth-order valence-corrected chi connectivity index (χ4v) is 3.06. The van der Waals surface area contributed by atoms with Gasteiger partial charge in [0.05, 0.1) is 0 Å². The van der Waals surface area contributed by atoms with E-state index in [2.05, 4.69) is 27.6 Å². The summed E-state index contributed by atoms with van der Waals surface area (Å²) >= 11 is 0. The number of nitrogens with one attached hydrogen (secondary N) is 1. The largest absolute Gasteiger partial charge is 0.340 e. The molecule has 4 nitrogen and oxygen atoms in total. The van der Waals surface area contributed by atoms with Gasteiger partial charge in [0.15, 0.2) is 5.82 Å². The molecule has 3 unspecified atom stereocenters. The molecule has 0 aliphatic heterocycles. The minimum atomic E-state index is 0.651. The van der Waals surface area contributed by atoms with Crippen LogP contribution in [0.1, 0.15) is 24.6 Å². The number of allylic oxidation sites excluding steroid dienone is 2. The molecule has 17 heavy (non-hydrogen) atoms. The molecule has 1 fully saturated rings. The fourth-order valence-electron chi connectivity index (χ4n) is 3.06. The summed E-state index contributed by atoms with van der Waals surface area (Å²) in [6.45, 7) is 3.89. The Morgan fingerprint density at radius 3 is 3.00 bits per heavy atom. The highest BCUT2D eigenvalue weighted by molar-refractivity contribution is 5.10. The van der Waals surface area contributed by atoms with Crippen LogP contribution in [0.25, 0.3) is 0 Å². The zero-order valence-electron chi connectivity index (χ0n) is 10.2. The van der Waals surface area contributed by atoms with Crippen molar-refractivity contribution in [2.75, 3.05) is 13.1 Å². The Morgan fingerprint density at radius 2 is 2.35 bits per heavy atom. The first-order chi connectivity index (χ1) is 8.31. The Kier molecular flexibility index (Phi) is 2.97. The number of rotatable bonds is 5. The standard InChI is InChI=1S/C13H19N3O/c1-9-15-13(16-17-9)4-5-14-8-12-7-10-2-3-11(12)6-10/h2-3,10-12,14H,4-8H2,1H3. The Morgan fingerprint density at radius 1 is 1.41 bits per heavy atom. The third-order valence-electron chi connectivity index (χ3n) is 3.92. The fraction of sp³-hybridized carbons (Fsp3) is 0.692. The van der Waals surface area contributed by atoms with Crippen LogP contribution < -0.4 is 5.32 Å². The molecule has 2 aliphatic rings. The first-order valence-corrected chi connectivity index (χ1v) is 6.49. The van der Waals surface area contributed by atoms with Crippen molar-refractivity contribution < 1.29 is 4.52 Å². The van der Waals surface area contributed by atoms with E-state index < -0.39 is 0 Å². The monoisotopic (exact) mass is 233 g/mol. The molecule has 0 aromatic carbocycles. The Hall–Kier alpha value is -1.16. The van der Waals surface area contributed by atoms with Gasteiger partial charge in [0.2, 0.25) is 5.89 Å². The third kappa shape index (κ3) is 2.41. The topological polar surface area (TPSA) is 51.0 Å². The van der Waals surface area contributed by atoms with Gasteiger partial charge in [0.25, 0.3) is 0 Å². The van der Waals surface area contributed by atoms with Crippen LogP contribution in [0.5, 0.6) is 0 Å². The second-order valence-electron chi connectivity index (χ2n) is 5.22. The Labute approximate surface area is 101 Å². The summed E-state index contributed by atoms with van der Waals surface area (Å²) in [5, 5.41) is 7.40. The van der Waals surface area contributed by atoms with E-state index in [1.54, 1.807) is 0 Å². The molecule has 4 heteroatoms. The molecule has 1 N–H and O–H groups in total. The van der Waals surface area contributed by atoms with Crippen LogP contribution in [-0.4, -0.2) is 23.2 Å². The van der Waals surface area contributed by atoms with Gasteiger partial charge in [0, 0.05) is 19.9 Å². The van der Waals surface area contributed by atoms with Gasteiger partial charge < -0.3 is 9.84 Å². The zero-order chi connectivity index (χ0) is 11.7. The van der Waals surface area contributed by atoms with Crippen LogP contribution in [-0.2, 0) is 6.42 Å². The SMILES string of the molecule is Cc1nc(CCNCC2CC3C=CC2C3)no1. The molecule has 0 radical (unpaired) electrons. The number of hydrogen-bond donors (Lipinski definition) is 1. The molecule has 92 valence electrons. The van der Waals surface area contributed by atoms with Crippen molar-refractivity contribution in [2.45, 2.75) is 26.2 Å². The molecule has 2 aliphatic carbocycles. The first-order valence-electron chi connectivity index (χ1n) is 6.49. The van der Waals surface area contributed by atoms with Crippen LogP contribution in [0.4, 0.5) is 0 Å². The van der Waals surface area contributed by atoms with E-state index in [-0.39, 0.29) is 0 Å². The van der Waals surface area contributed by atoms with E-state index in [1.807, 2.05) is 6.92 Å². The minimum Gasteiger partial charge on any atom is -0.340 e. The van der Waals surface area contributed by atoms with Crippen molar-refractivity contribution >= 4 is 0 Å². The summed E-state index contributed by atoms with van der Waals surface area (Å²) < 4.78 is 4.94. The maximum Gasteiger partial charge on any atom is 0.223 e. The van der Waals surface area contributed by atoms with E-state index in [0.29, 0.717) is 5.89 Å². The van der Waals surface area contributed by atoms with Gasteiger partial charge in [-0.25, -0.2) is 0 Å². The van der Waals surface area contributed by atoms with Crippen molar-refractivity contribution in [1.29, 1.82) is 0 Å². The summed E-state index contributed by atoms with van der Waals surface area (Å²) in [4.78, 5) is 4.19. The second kappa shape index (κ2) is 4.61. The molecule has 0 spiro atoms. The van der Waals surface area contributed by atoms with Crippen LogP contribution in [0.15, 0.2) is 16.7 Å². The summed E-state index contributed by atoms with van der Waals surface area (Å²) in [5.41, 5.74) is 0. The average molecular weight is 233 g/mol. The van der Waals surface area contributed by atoms with E-state index in [0.717, 1.165) is 43.1 Å². The summed E-state index contributed by atoms with van der Waals surface area (Å²) in [6.07, 6.45) is 8.41. The maximum atomic E-state index is 4.94. The van der Waals surface area contributed by atoms with Gasteiger partial charge in [-0.2, -0.15) is 4.98 Å². The molecule has 3 atom stereocenters. The van der Waals surface area contributed by atoms with Crippen molar-refractivity contribution in [3.05, 3.63) is 23.9 Å². The van der Waals surface area contributed by atoms with Crippen LogP contribution in [0, 0.1) is 24.7 Å². The number of nitrogens with zero attached hydrogens (tertiary/aromatic N) is 2. The van der Waals surface area contributed by atoms with Gasteiger partial charge in [-0.3, -0.25) is 0 Å². The van der Waals surface area contributed by atoms with E-state index >= 15 is 0 Å². The molecular weight excluding hydrogens is 214 g/mol. The number of aryl methyl sites for hydroxylation is 1. The lowest BCUT2D eigenvalue weighted by Gasteiger charge is -2.18. The van der Waals surface area contributed by atoms with Gasteiger partial charge >= 0.3 is 0 Å². The van der Waals surface area contributed by atoms with Crippen molar-refractivity contribution in [2.24, 2.45) is 17.8 Å². The number of aromatic nitrogens is 2. The van der Waals surface area contributed by atoms with Crippen molar-refractivity contribution in [3.63, 3.8) is 0 Å². The first kappa shape index (κ1) is 11.0. The second-order valence-corrected chi connectivity index (χ2v) is 5.22. The molecule has 1 saturated carbocycles. The smallest absolute Gasteiger partial charge is 0.223 e. The van der Waals surface area contributed by atoms with Crippen molar-refractivity contribution in [1.82, 2.24) is 15.5 Å². The van der Waals surface area contributed by atoms with Gasteiger partial charge in [-0.1, -0.05) is 17.3 Å². The summed E-state index contributed by atoms with van der Waals surface area (Å²) in [5.74, 6) is 4.00. The lowest BCUT2D eigenvalue weighted by Crippen LogP contribution is -2.27. The molecule has 1 heterocycles. The average Bonchev–Trinajstić information content (AvgIpc) is 3.00. The molecule has 0 saturated heterocycles. The quantitative estimate of drug-likeness (QED) is 0.621. The molecule has 1 aromatic rings. The van der Waals surface area contributed by atoms with Crippen molar-refractivity contribution in [3.8, 4) is 0 Å². The number of fused-ring (bicyclic) bond motifs is 2. The number of hydrogen-bond acceptors (Lipinski definition) is 4. The lowest BCUT2D eigenvalue weighted by atomic mass is 9.94. The normalized spacial score (nSPS) is 30.3. The summed E-state index contributed by atoms with van der Waals surface area (Å²) in [6, 6.07) is 0. The van der Waals surface area contributed by atoms with Crippen LogP contribution in [0.2, 0.25) is 0 Å². The van der Waals surface area contributed by atoms with Gasteiger partial charge in [-0.15, -0.1) is 0 Å². The lowest BCUT2D eigenvalue weighted by molar-refractivity contribution is 0.384. The summed E-state index contributed by atoms with van der Waals surface area (Å²) in [7, 11) is 0. The van der Waals surface area contributed by atoms with Crippen LogP contribution >= 0.6 is 0 Å². The highest BCUT2D eigenvalue weighted by Gasteiger charge is 2.34. The predicted molar refractivity (Wildman–Crippen MR) is 64.5 cm³/mol. The van der Waals surface area contributed by atoms with E-state index in [1.165, 1.54) is 12.8 Å². The molecule has 3 rings (SSSR count). The molecule has 0 amide bonds. The van der Waals surface area contributed by atoms with Gasteiger partial charge in [0.1, 0.15) is 0 Å². The third-order valence-corrected chi connectivity index (χ3v) is 3.92. The Bertz CT molecular complexity index is 413. The Balaban J connectivity index is 1.37. The van der Waals surface area contributed by atoms with E-state index in [4.69, 9.17) is 4.52 Å².